The van der Waals surface area contributed by atoms with Crippen LogP contribution in [0.3, 0.4) is 0 Å². The first-order valence-corrected chi connectivity index (χ1v) is 12.9. The molecule has 0 aliphatic rings. The second-order valence-electron chi connectivity index (χ2n) is 9.26. The Balaban J connectivity index is 1.57. The highest BCUT2D eigenvalue weighted by atomic mass is 16.5. The van der Waals surface area contributed by atoms with Crippen LogP contribution in [0.5, 0.6) is 5.75 Å². The highest BCUT2D eigenvalue weighted by Crippen LogP contribution is 2.29. The van der Waals surface area contributed by atoms with Crippen LogP contribution in [-0.4, -0.2) is 41.5 Å². The number of likely N-dealkylation sites (N-methyl/N-ethyl adjacent to an activating group) is 1. The molecular formula is C32H34N2O4. The Hall–Kier alpha value is -4.32. The Morgan fingerprint density at radius 3 is 2.32 bits per heavy atom. The zero-order valence-corrected chi connectivity index (χ0v) is 22.2. The van der Waals surface area contributed by atoms with Gasteiger partial charge in [0.05, 0.1) is 6.61 Å². The lowest BCUT2D eigenvalue weighted by Gasteiger charge is -2.18. The number of fused-ring (bicyclic) bond motifs is 1. The summed E-state index contributed by atoms with van der Waals surface area (Å²) in [6.07, 6.45) is 4.52. The largest absolute Gasteiger partial charge is 0.489 e. The summed E-state index contributed by atoms with van der Waals surface area (Å²) in [6.45, 7) is 5.11. The summed E-state index contributed by atoms with van der Waals surface area (Å²) in [6, 6.07) is 26.0. The Morgan fingerprint density at radius 1 is 0.947 bits per heavy atom. The number of esters is 1. The monoisotopic (exact) mass is 510 g/mol. The van der Waals surface area contributed by atoms with Gasteiger partial charge in [-0.1, -0.05) is 60.7 Å². The Bertz CT molecular complexity index is 1410. The van der Waals surface area contributed by atoms with Crippen molar-refractivity contribution < 1.29 is 19.1 Å². The third-order valence-electron chi connectivity index (χ3n) is 6.41. The molecule has 1 aromatic heterocycles. The number of amides is 1. The maximum absolute atomic E-state index is 13.1. The van der Waals surface area contributed by atoms with Gasteiger partial charge in [-0.3, -0.25) is 4.79 Å². The molecule has 0 aliphatic heterocycles. The number of aromatic nitrogens is 1. The standard InChI is InChI=1S/C32H34N2O4/c1-4-37-32(36)24(2)19-27-21-34(22-31(35)33(3)18-17-25-11-7-5-8-12-25)30-16-15-28(20-29(27)30)38-23-26-13-9-6-10-14-26/h5-16,19-21H,4,17-18,22-23H2,1-3H3/b24-19+. The average Bonchev–Trinajstić information content (AvgIpc) is 3.27. The van der Waals surface area contributed by atoms with E-state index in [4.69, 9.17) is 9.47 Å². The van der Waals surface area contributed by atoms with Crippen LogP contribution in [0.4, 0.5) is 0 Å². The summed E-state index contributed by atoms with van der Waals surface area (Å²) in [7, 11) is 1.83. The molecule has 0 bridgehead atoms. The summed E-state index contributed by atoms with van der Waals surface area (Å²) < 4.78 is 13.2. The lowest BCUT2D eigenvalue weighted by molar-refractivity contribution is -0.138. The highest BCUT2D eigenvalue weighted by Gasteiger charge is 2.16. The van der Waals surface area contributed by atoms with E-state index in [1.54, 1.807) is 24.8 Å². The summed E-state index contributed by atoms with van der Waals surface area (Å²) in [5.41, 5.74) is 4.49. The average molecular weight is 511 g/mol. The molecular weight excluding hydrogens is 476 g/mol. The molecule has 38 heavy (non-hydrogen) atoms. The lowest BCUT2D eigenvalue weighted by Crippen LogP contribution is -2.31. The fraction of sp³-hybridized carbons (Fsp3) is 0.250. The zero-order valence-electron chi connectivity index (χ0n) is 22.2. The van der Waals surface area contributed by atoms with Gasteiger partial charge in [0.25, 0.3) is 0 Å². The van der Waals surface area contributed by atoms with E-state index < -0.39 is 0 Å². The predicted octanol–water partition coefficient (Wildman–Crippen LogP) is 5.89. The molecule has 196 valence electrons. The SMILES string of the molecule is CCOC(=O)/C(C)=C/c1cn(CC(=O)N(C)CCc2ccccc2)c2ccc(OCc3ccccc3)cc12. The van der Waals surface area contributed by atoms with Crippen molar-refractivity contribution in [2.24, 2.45) is 0 Å². The minimum Gasteiger partial charge on any atom is -0.489 e. The maximum atomic E-state index is 13.1. The first-order valence-electron chi connectivity index (χ1n) is 12.9. The maximum Gasteiger partial charge on any atom is 0.333 e. The second kappa shape index (κ2) is 12.8. The highest BCUT2D eigenvalue weighted by molar-refractivity contribution is 5.98. The van der Waals surface area contributed by atoms with Gasteiger partial charge >= 0.3 is 5.97 Å². The first kappa shape index (κ1) is 26.7. The number of carbonyl (C=O) groups is 2. The van der Waals surface area contributed by atoms with Gasteiger partial charge < -0.3 is 18.9 Å². The van der Waals surface area contributed by atoms with E-state index in [-0.39, 0.29) is 18.4 Å². The van der Waals surface area contributed by atoms with E-state index in [9.17, 15) is 9.59 Å². The summed E-state index contributed by atoms with van der Waals surface area (Å²) >= 11 is 0. The number of hydrogen-bond donors (Lipinski definition) is 0. The molecule has 0 aliphatic carbocycles. The molecule has 4 aromatic rings. The zero-order chi connectivity index (χ0) is 26.9. The molecule has 0 saturated carbocycles. The van der Waals surface area contributed by atoms with E-state index in [1.807, 2.05) is 84.5 Å². The van der Waals surface area contributed by atoms with E-state index in [0.717, 1.165) is 28.5 Å². The van der Waals surface area contributed by atoms with Gasteiger partial charge in [-0.25, -0.2) is 4.79 Å². The molecule has 1 heterocycles. The normalized spacial score (nSPS) is 11.4. The van der Waals surface area contributed by atoms with Gasteiger partial charge in [-0.2, -0.15) is 0 Å². The third-order valence-corrected chi connectivity index (χ3v) is 6.41. The molecule has 0 N–H and O–H groups in total. The molecule has 0 fully saturated rings. The Kier molecular flexibility index (Phi) is 8.98. The Labute approximate surface area is 224 Å². The number of rotatable bonds is 11. The van der Waals surface area contributed by atoms with Gasteiger partial charge in [-0.15, -0.1) is 0 Å². The number of carbonyl (C=O) groups excluding carboxylic acids is 2. The van der Waals surface area contributed by atoms with Crippen LogP contribution < -0.4 is 4.74 Å². The van der Waals surface area contributed by atoms with E-state index in [1.165, 1.54) is 5.56 Å². The van der Waals surface area contributed by atoms with Gasteiger partial charge in [0.1, 0.15) is 18.9 Å². The van der Waals surface area contributed by atoms with Crippen molar-refractivity contribution in [2.45, 2.75) is 33.4 Å². The van der Waals surface area contributed by atoms with Crippen LogP contribution in [0.15, 0.2) is 90.6 Å². The molecule has 4 rings (SSSR count). The summed E-state index contributed by atoms with van der Waals surface area (Å²) in [4.78, 5) is 27.2. The molecule has 0 spiro atoms. The number of nitrogens with zero attached hydrogens (tertiary/aromatic N) is 2. The van der Waals surface area contributed by atoms with Crippen LogP contribution in [0.25, 0.3) is 17.0 Å². The number of hydrogen-bond acceptors (Lipinski definition) is 4. The van der Waals surface area contributed by atoms with Gasteiger partial charge in [0.2, 0.25) is 5.91 Å². The second-order valence-corrected chi connectivity index (χ2v) is 9.26. The molecule has 0 unspecified atom stereocenters. The minimum atomic E-state index is -0.360. The third kappa shape index (κ3) is 6.91. The summed E-state index contributed by atoms with van der Waals surface area (Å²) in [5.74, 6) is 0.371. The van der Waals surface area contributed by atoms with Crippen LogP contribution in [-0.2, 0) is 33.9 Å². The lowest BCUT2D eigenvalue weighted by atomic mass is 10.1. The first-order chi connectivity index (χ1) is 18.4. The molecule has 0 radical (unpaired) electrons. The van der Waals surface area contributed by atoms with Crippen LogP contribution in [0, 0.1) is 0 Å². The predicted molar refractivity (Wildman–Crippen MR) is 151 cm³/mol. The van der Waals surface area contributed by atoms with Crippen molar-refractivity contribution in [3.05, 3.63) is 107 Å². The topological polar surface area (TPSA) is 60.8 Å². The van der Waals surface area contributed by atoms with Gasteiger partial charge in [0, 0.05) is 41.8 Å². The number of benzene rings is 3. The van der Waals surface area contributed by atoms with Crippen molar-refractivity contribution in [3.8, 4) is 5.75 Å². The van der Waals surface area contributed by atoms with Crippen molar-refractivity contribution >= 4 is 28.9 Å². The molecule has 6 nitrogen and oxygen atoms in total. The molecule has 3 aromatic carbocycles. The molecule has 0 atom stereocenters. The molecule has 6 heteroatoms. The van der Waals surface area contributed by atoms with E-state index in [2.05, 4.69) is 12.1 Å². The summed E-state index contributed by atoms with van der Waals surface area (Å²) in [5, 5.41) is 0.902. The van der Waals surface area contributed by atoms with E-state index >= 15 is 0 Å². The van der Waals surface area contributed by atoms with E-state index in [0.29, 0.717) is 31.1 Å². The molecule has 1 amide bonds. The van der Waals surface area contributed by atoms with Crippen LogP contribution >= 0.6 is 0 Å². The molecule has 0 saturated heterocycles. The minimum absolute atomic E-state index is 0.0138. The number of ether oxygens (including phenoxy) is 2. The van der Waals surface area contributed by atoms with Gasteiger partial charge in [0.15, 0.2) is 0 Å². The quantitative estimate of drug-likeness (QED) is 0.187. The van der Waals surface area contributed by atoms with Gasteiger partial charge in [-0.05, 0) is 55.7 Å². The smallest absolute Gasteiger partial charge is 0.333 e. The van der Waals surface area contributed by atoms with Crippen molar-refractivity contribution in [1.82, 2.24) is 9.47 Å². The van der Waals surface area contributed by atoms with Crippen LogP contribution in [0.1, 0.15) is 30.5 Å². The fourth-order valence-corrected chi connectivity index (χ4v) is 4.25. The van der Waals surface area contributed by atoms with Crippen molar-refractivity contribution in [1.29, 1.82) is 0 Å². The Morgan fingerprint density at radius 2 is 1.63 bits per heavy atom. The fourth-order valence-electron chi connectivity index (χ4n) is 4.25. The van der Waals surface area contributed by atoms with Crippen molar-refractivity contribution in [2.75, 3.05) is 20.2 Å². The van der Waals surface area contributed by atoms with Crippen LogP contribution in [0.2, 0.25) is 0 Å². The van der Waals surface area contributed by atoms with Crippen molar-refractivity contribution in [3.63, 3.8) is 0 Å².